The van der Waals surface area contributed by atoms with Gasteiger partial charge in [0.05, 0.1) is 12.3 Å². The lowest BCUT2D eigenvalue weighted by atomic mass is 9.86. The van der Waals surface area contributed by atoms with E-state index in [-0.39, 0.29) is 30.6 Å². The molecular weight excluding hydrogens is 805 g/mol. The van der Waals surface area contributed by atoms with Gasteiger partial charge in [-0.2, -0.15) is 0 Å². The van der Waals surface area contributed by atoms with Gasteiger partial charge in [-0.3, -0.25) is 10.6 Å². The smallest absolute Gasteiger partial charge is 0.131 e. The average molecular weight is 867 g/mol. The summed E-state index contributed by atoms with van der Waals surface area (Å²) < 4.78 is 0. The van der Waals surface area contributed by atoms with Crippen LogP contribution in [-0.2, 0) is 0 Å². The lowest BCUT2D eigenvalue weighted by Crippen LogP contribution is -2.55. The highest BCUT2D eigenvalue weighted by molar-refractivity contribution is 6.02. The van der Waals surface area contributed by atoms with Crippen molar-refractivity contribution in [2.45, 2.75) is 102 Å². The van der Waals surface area contributed by atoms with E-state index in [1.54, 1.807) is 5.57 Å². The molecule has 11 rings (SSSR count). The van der Waals surface area contributed by atoms with Gasteiger partial charge in [0.25, 0.3) is 0 Å². The molecule has 66 heavy (non-hydrogen) atoms. The molecule has 4 aromatic carbocycles. The molecule has 0 radical (unpaired) electrons. The Morgan fingerprint density at radius 2 is 1.26 bits per heavy atom. The second-order valence-electron chi connectivity index (χ2n) is 19.0. The third-order valence-electron chi connectivity index (χ3n) is 14.5. The molecule has 7 aliphatic rings. The molecule has 0 bridgehead atoms. The first-order chi connectivity index (χ1) is 32.7. The summed E-state index contributed by atoms with van der Waals surface area (Å²) in [5, 5.41) is 15.8. The van der Waals surface area contributed by atoms with Crippen molar-refractivity contribution in [2.75, 3.05) is 0 Å². The third kappa shape index (κ3) is 9.49. The standard InChI is InChI=1S/C60H62N6/c1-5-18-41(19-6-1)45-26-13-31-50(36-45)56-61-55(44-24-11-4-12-25-44)62-57(63-56)53-34-16-29-48(39-53)49-30-17-35-54(40-49)60-65-58(51-32-14-27-46(37-51)42-20-7-2-8-21-42)64-59(66-60)52-33-15-28-47(38-52)43-22-9-3-10-23-43/h2,4-5,7-8,11,13-14,16-22,26-27,29-36,38-40,44,51,55,57-58,60,62,65H,1,3,6,9-10,12,15,23-25,28,37H2,(H,61,63)(H,64,66). The Kier molecular flexibility index (Phi) is 12.6. The Balaban J connectivity index is 0.903. The van der Waals surface area contributed by atoms with E-state index in [1.165, 1.54) is 70.2 Å². The maximum absolute atomic E-state index is 5.51. The number of allylic oxidation sites excluding steroid dienone is 13. The van der Waals surface area contributed by atoms with Crippen molar-refractivity contribution in [1.29, 1.82) is 0 Å². The number of nitrogens with zero attached hydrogens (tertiary/aromatic N) is 2. The van der Waals surface area contributed by atoms with Crippen molar-refractivity contribution in [2.24, 2.45) is 21.8 Å². The fourth-order valence-corrected chi connectivity index (χ4v) is 10.9. The molecule has 0 amide bonds. The summed E-state index contributed by atoms with van der Waals surface area (Å²) in [4.78, 5) is 10.9. The highest BCUT2D eigenvalue weighted by Crippen LogP contribution is 2.36. The van der Waals surface area contributed by atoms with Gasteiger partial charge in [0.15, 0.2) is 0 Å². The van der Waals surface area contributed by atoms with Gasteiger partial charge < -0.3 is 10.6 Å². The van der Waals surface area contributed by atoms with Gasteiger partial charge >= 0.3 is 0 Å². The van der Waals surface area contributed by atoms with Crippen LogP contribution in [0.3, 0.4) is 0 Å². The Labute approximate surface area is 391 Å². The zero-order valence-corrected chi connectivity index (χ0v) is 38.0. The molecule has 6 atom stereocenters. The minimum atomic E-state index is -0.221. The monoisotopic (exact) mass is 867 g/mol. The molecule has 4 aromatic rings. The van der Waals surface area contributed by atoms with Crippen LogP contribution in [0.5, 0.6) is 0 Å². The lowest BCUT2D eigenvalue weighted by Gasteiger charge is -2.37. The van der Waals surface area contributed by atoms with Crippen LogP contribution >= 0.6 is 0 Å². The van der Waals surface area contributed by atoms with Crippen LogP contribution in [-0.4, -0.2) is 24.0 Å². The highest BCUT2D eigenvalue weighted by atomic mass is 15.3. The summed E-state index contributed by atoms with van der Waals surface area (Å²) in [6.07, 6.45) is 39.0. The summed E-state index contributed by atoms with van der Waals surface area (Å²) in [6.45, 7) is 0. The summed E-state index contributed by atoms with van der Waals surface area (Å²) in [5.74, 6) is 2.66. The molecule has 0 saturated carbocycles. The number of rotatable bonds is 10. The second kappa shape index (κ2) is 19.6. The Hall–Kier alpha value is -6.34. The fraction of sp³-hybridized carbons (Fsp3) is 0.300. The summed E-state index contributed by atoms with van der Waals surface area (Å²) in [7, 11) is 0. The molecular formula is C60H62N6. The van der Waals surface area contributed by atoms with Gasteiger partial charge in [-0.15, -0.1) is 0 Å². The van der Waals surface area contributed by atoms with Crippen LogP contribution < -0.4 is 21.3 Å². The minimum absolute atomic E-state index is 0.00564. The zero-order valence-electron chi connectivity index (χ0n) is 38.0. The normalized spacial score (nSPS) is 26.3. The largest absolute Gasteiger partial charge is 0.354 e. The van der Waals surface area contributed by atoms with Crippen LogP contribution in [0, 0.1) is 11.8 Å². The van der Waals surface area contributed by atoms with Crippen LogP contribution in [0.15, 0.2) is 197 Å². The van der Waals surface area contributed by atoms with Gasteiger partial charge in [0, 0.05) is 17.1 Å². The van der Waals surface area contributed by atoms with E-state index in [4.69, 9.17) is 9.98 Å². The van der Waals surface area contributed by atoms with E-state index in [9.17, 15) is 0 Å². The number of amidine groups is 2. The minimum Gasteiger partial charge on any atom is -0.354 e. The van der Waals surface area contributed by atoms with Crippen molar-refractivity contribution in [3.63, 3.8) is 0 Å². The van der Waals surface area contributed by atoms with Gasteiger partial charge in [-0.1, -0.05) is 146 Å². The number of hydrogen-bond donors (Lipinski definition) is 4. The van der Waals surface area contributed by atoms with Gasteiger partial charge in [-0.25, -0.2) is 9.98 Å². The summed E-state index contributed by atoms with van der Waals surface area (Å²) >= 11 is 0. The van der Waals surface area contributed by atoms with Crippen LogP contribution in [0.2, 0.25) is 0 Å². The number of aliphatic imine (C=N–C) groups is 2. The second-order valence-corrected chi connectivity index (χ2v) is 19.0. The van der Waals surface area contributed by atoms with Crippen molar-refractivity contribution in [1.82, 2.24) is 21.3 Å². The van der Waals surface area contributed by atoms with Gasteiger partial charge in [0.2, 0.25) is 0 Å². The lowest BCUT2D eigenvalue weighted by molar-refractivity contribution is 0.274. The topological polar surface area (TPSA) is 72.8 Å². The average Bonchev–Trinajstić information content (AvgIpc) is 3.42. The highest BCUT2D eigenvalue weighted by Gasteiger charge is 2.33. The van der Waals surface area contributed by atoms with Crippen LogP contribution in [0.25, 0.3) is 22.3 Å². The maximum Gasteiger partial charge on any atom is 0.131 e. The first-order valence-corrected chi connectivity index (χ1v) is 24.7. The molecule has 332 valence electrons. The van der Waals surface area contributed by atoms with Crippen molar-refractivity contribution in [3.05, 3.63) is 215 Å². The maximum atomic E-state index is 5.51. The first kappa shape index (κ1) is 42.3. The Morgan fingerprint density at radius 3 is 2.03 bits per heavy atom. The van der Waals surface area contributed by atoms with E-state index in [2.05, 4.69) is 191 Å². The molecule has 0 saturated heterocycles. The molecule has 6 unspecified atom stereocenters. The van der Waals surface area contributed by atoms with Crippen LogP contribution in [0.1, 0.15) is 117 Å². The van der Waals surface area contributed by atoms with Gasteiger partial charge in [0.1, 0.15) is 24.0 Å². The summed E-state index contributed by atoms with van der Waals surface area (Å²) in [5.41, 5.74) is 15.2. The quantitative estimate of drug-likeness (QED) is 0.120. The zero-order chi connectivity index (χ0) is 44.1. The predicted octanol–water partition coefficient (Wildman–Crippen LogP) is 13.1. The molecule has 0 spiro atoms. The molecule has 0 fully saturated rings. The Morgan fingerprint density at radius 1 is 0.515 bits per heavy atom. The van der Waals surface area contributed by atoms with Crippen LogP contribution in [0.4, 0.5) is 0 Å². The van der Waals surface area contributed by atoms with Crippen molar-refractivity contribution in [3.8, 4) is 11.1 Å². The van der Waals surface area contributed by atoms with Crippen molar-refractivity contribution >= 4 is 22.8 Å². The number of nitrogens with one attached hydrogen (secondary N) is 4. The molecule has 6 nitrogen and oxygen atoms in total. The third-order valence-corrected chi connectivity index (χ3v) is 14.5. The van der Waals surface area contributed by atoms with Crippen molar-refractivity contribution < 1.29 is 0 Å². The number of hydrogen-bond acceptors (Lipinski definition) is 6. The molecule has 4 N–H and O–H groups in total. The number of benzene rings is 4. The van der Waals surface area contributed by atoms with E-state index >= 15 is 0 Å². The molecule has 5 aliphatic carbocycles. The fourth-order valence-electron chi connectivity index (χ4n) is 10.9. The molecule has 6 heteroatoms. The van der Waals surface area contributed by atoms with E-state index in [0.717, 1.165) is 79.7 Å². The SMILES string of the molecule is C1=CC(C2NC(C3=CCCC(C4=CCCCC4)=C3)=NC(c3cccc(-c4cccc(C5N=C(c6cccc(C7=CCCC=C7)c6)NC(C6CC=CCC6)N5)c4)c3)N2)CC(c2ccccc2)=C1. The molecule has 0 aromatic heterocycles. The van der Waals surface area contributed by atoms with Gasteiger partial charge in [-0.05, 0) is 163 Å². The first-order valence-electron chi connectivity index (χ1n) is 24.7. The van der Waals surface area contributed by atoms with E-state index < -0.39 is 0 Å². The molecule has 2 heterocycles. The predicted molar refractivity (Wildman–Crippen MR) is 274 cm³/mol. The summed E-state index contributed by atoms with van der Waals surface area (Å²) in [6, 6.07) is 37.8. The van der Waals surface area contributed by atoms with E-state index in [0.29, 0.717) is 5.92 Å². The van der Waals surface area contributed by atoms with E-state index in [1.807, 2.05) is 0 Å². The molecule has 2 aliphatic heterocycles. The Bertz CT molecular complexity index is 2760.